The first-order valence-corrected chi connectivity index (χ1v) is 5.00. The number of nitrogens with zero attached hydrogens (tertiary/aromatic N) is 1. The maximum absolute atomic E-state index is 5.60. The van der Waals surface area contributed by atoms with Crippen LogP contribution in [0.5, 0.6) is 0 Å². The third-order valence-corrected chi connectivity index (χ3v) is 2.63. The lowest BCUT2D eigenvalue weighted by atomic mass is 10.4. The molecule has 1 nitrogen and oxygen atoms in total. The molecule has 0 aliphatic heterocycles. The number of pyridine rings is 1. The summed E-state index contributed by atoms with van der Waals surface area (Å²) in [5.41, 5.74) is 0.936. The van der Waals surface area contributed by atoms with Crippen molar-refractivity contribution in [3.05, 3.63) is 26.0 Å². The standard InChI is InChI=1S/C6H4BrClIN/c7-4-1-5(9)6(2-8)10-3-4/h1,3H,2H2. The molecule has 0 saturated heterocycles. The molecule has 0 aromatic carbocycles. The van der Waals surface area contributed by atoms with Gasteiger partial charge >= 0.3 is 0 Å². The first-order chi connectivity index (χ1) is 4.74. The minimum Gasteiger partial charge on any atom is -0.258 e. The number of alkyl halides is 1. The maximum atomic E-state index is 5.60. The van der Waals surface area contributed by atoms with Gasteiger partial charge in [0, 0.05) is 14.2 Å². The van der Waals surface area contributed by atoms with Crippen LogP contribution in [0.2, 0.25) is 0 Å². The highest BCUT2D eigenvalue weighted by Crippen LogP contribution is 2.16. The van der Waals surface area contributed by atoms with Crippen LogP contribution in [0.3, 0.4) is 0 Å². The van der Waals surface area contributed by atoms with Gasteiger partial charge in [-0.05, 0) is 44.6 Å². The average molecular weight is 332 g/mol. The Balaban J connectivity index is 3.07. The summed E-state index contributed by atoms with van der Waals surface area (Å²) in [6.07, 6.45) is 1.75. The molecule has 0 N–H and O–H groups in total. The van der Waals surface area contributed by atoms with E-state index in [2.05, 4.69) is 43.5 Å². The molecule has 1 heterocycles. The van der Waals surface area contributed by atoms with E-state index in [1.54, 1.807) is 6.20 Å². The second kappa shape index (κ2) is 3.88. The van der Waals surface area contributed by atoms with Crippen LogP contribution in [0.1, 0.15) is 5.69 Å². The summed E-state index contributed by atoms with van der Waals surface area (Å²) < 4.78 is 2.09. The van der Waals surface area contributed by atoms with Crippen LogP contribution < -0.4 is 0 Å². The van der Waals surface area contributed by atoms with E-state index >= 15 is 0 Å². The summed E-state index contributed by atoms with van der Waals surface area (Å²) in [5, 5.41) is 0. The highest BCUT2D eigenvalue weighted by atomic mass is 127. The van der Waals surface area contributed by atoms with Gasteiger partial charge in [-0.3, -0.25) is 4.98 Å². The van der Waals surface area contributed by atoms with E-state index in [-0.39, 0.29) is 0 Å². The molecule has 1 aromatic rings. The monoisotopic (exact) mass is 331 g/mol. The predicted molar refractivity (Wildman–Crippen MR) is 54.2 cm³/mol. The lowest BCUT2D eigenvalue weighted by molar-refractivity contribution is 1.14. The first kappa shape index (κ1) is 8.74. The van der Waals surface area contributed by atoms with Crippen LogP contribution in [0, 0.1) is 3.57 Å². The Kier molecular flexibility index (Phi) is 3.39. The third kappa shape index (κ3) is 2.07. The van der Waals surface area contributed by atoms with Gasteiger partial charge in [-0.2, -0.15) is 0 Å². The van der Waals surface area contributed by atoms with Gasteiger partial charge in [0.1, 0.15) is 0 Å². The Hall–Kier alpha value is 0.650. The fourth-order valence-corrected chi connectivity index (χ4v) is 2.40. The Morgan fingerprint density at radius 1 is 1.70 bits per heavy atom. The van der Waals surface area contributed by atoms with Crippen molar-refractivity contribution in [1.82, 2.24) is 4.98 Å². The fraction of sp³-hybridized carbons (Fsp3) is 0.167. The zero-order chi connectivity index (χ0) is 7.56. The Bertz CT molecular complexity index is 241. The molecular weight excluding hydrogens is 328 g/mol. The zero-order valence-electron chi connectivity index (χ0n) is 4.94. The van der Waals surface area contributed by atoms with Crippen molar-refractivity contribution in [1.29, 1.82) is 0 Å². The van der Waals surface area contributed by atoms with Crippen molar-refractivity contribution >= 4 is 50.1 Å². The summed E-state index contributed by atoms with van der Waals surface area (Å²) in [7, 11) is 0. The molecule has 0 atom stereocenters. The van der Waals surface area contributed by atoms with E-state index in [1.165, 1.54) is 0 Å². The molecule has 0 spiro atoms. The van der Waals surface area contributed by atoms with Crippen molar-refractivity contribution in [3.8, 4) is 0 Å². The van der Waals surface area contributed by atoms with Crippen molar-refractivity contribution < 1.29 is 0 Å². The molecule has 10 heavy (non-hydrogen) atoms. The van der Waals surface area contributed by atoms with Gasteiger partial charge in [0.05, 0.1) is 11.6 Å². The Labute approximate surface area is 86.4 Å². The van der Waals surface area contributed by atoms with Crippen LogP contribution in [-0.4, -0.2) is 4.98 Å². The molecule has 0 bridgehead atoms. The molecule has 1 aromatic heterocycles. The molecule has 0 amide bonds. The number of halogens is 3. The average Bonchev–Trinajstić information content (AvgIpc) is 1.88. The van der Waals surface area contributed by atoms with Crippen LogP contribution >= 0.6 is 50.1 Å². The Morgan fingerprint density at radius 3 is 2.90 bits per heavy atom. The highest BCUT2D eigenvalue weighted by molar-refractivity contribution is 14.1. The molecule has 4 heteroatoms. The van der Waals surface area contributed by atoms with Gasteiger partial charge in [-0.1, -0.05) is 0 Å². The highest BCUT2D eigenvalue weighted by Gasteiger charge is 1.98. The molecule has 0 saturated carbocycles. The van der Waals surface area contributed by atoms with Crippen LogP contribution in [0.4, 0.5) is 0 Å². The van der Waals surface area contributed by atoms with Gasteiger partial charge < -0.3 is 0 Å². The summed E-state index contributed by atoms with van der Waals surface area (Å²) in [6, 6.07) is 1.99. The molecule has 0 aliphatic rings. The summed E-state index contributed by atoms with van der Waals surface area (Å²) in [5.74, 6) is 0.478. The Morgan fingerprint density at radius 2 is 2.40 bits per heavy atom. The van der Waals surface area contributed by atoms with Gasteiger partial charge in [0.15, 0.2) is 0 Å². The van der Waals surface area contributed by atoms with E-state index in [4.69, 9.17) is 11.6 Å². The van der Waals surface area contributed by atoms with Gasteiger partial charge in [0.25, 0.3) is 0 Å². The van der Waals surface area contributed by atoms with E-state index in [9.17, 15) is 0 Å². The minimum absolute atomic E-state index is 0.478. The van der Waals surface area contributed by atoms with Gasteiger partial charge in [-0.15, -0.1) is 11.6 Å². The van der Waals surface area contributed by atoms with E-state index in [0.717, 1.165) is 13.7 Å². The summed E-state index contributed by atoms with van der Waals surface area (Å²) in [6.45, 7) is 0. The second-order valence-electron chi connectivity index (χ2n) is 1.72. The van der Waals surface area contributed by atoms with Crippen molar-refractivity contribution in [2.75, 3.05) is 0 Å². The third-order valence-electron chi connectivity index (χ3n) is 1.01. The normalized spacial score (nSPS) is 9.90. The molecular formula is C6H4BrClIN. The minimum atomic E-state index is 0.478. The van der Waals surface area contributed by atoms with Crippen LogP contribution in [0.25, 0.3) is 0 Å². The molecule has 0 radical (unpaired) electrons. The zero-order valence-corrected chi connectivity index (χ0v) is 9.44. The lowest BCUT2D eigenvalue weighted by Crippen LogP contribution is -1.88. The SMILES string of the molecule is ClCc1ncc(Br)cc1I. The quantitative estimate of drug-likeness (QED) is 0.569. The molecule has 0 fully saturated rings. The molecule has 1 rings (SSSR count). The van der Waals surface area contributed by atoms with Crippen molar-refractivity contribution in [2.24, 2.45) is 0 Å². The number of hydrogen-bond acceptors (Lipinski definition) is 1. The topological polar surface area (TPSA) is 12.9 Å². The molecule has 0 unspecified atom stereocenters. The summed E-state index contributed by atoms with van der Waals surface area (Å²) >= 11 is 11.1. The maximum Gasteiger partial charge on any atom is 0.0685 e. The van der Waals surface area contributed by atoms with E-state index in [0.29, 0.717) is 5.88 Å². The van der Waals surface area contributed by atoms with E-state index in [1.807, 2.05) is 6.07 Å². The van der Waals surface area contributed by atoms with Crippen LogP contribution in [-0.2, 0) is 5.88 Å². The smallest absolute Gasteiger partial charge is 0.0685 e. The number of hydrogen-bond donors (Lipinski definition) is 0. The molecule has 54 valence electrons. The van der Waals surface area contributed by atoms with Crippen molar-refractivity contribution in [3.63, 3.8) is 0 Å². The van der Waals surface area contributed by atoms with Crippen molar-refractivity contribution in [2.45, 2.75) is 5.88 Å². The first-order valence-electron chi connectivity index (χ1n) is 2.60. The van der Waals surface area contributed by atoms with E-state index < -0.39 is 0 Å². The fourth-order valence-electron chi connectivity index (χ4n) is 0.541. The van der Waals surface area contributed by atoms with Gasteiger partial charge in [0.2, 0.25) is 0 Å². The molecule has 0 aliphatic carbocycles. The van der Waals surface area contributed by atoms with Gasteiger partial charge in [-0.25, -0.2) is 0 Å². The second-order valence-corrected chi connectivity index (χ2v) is 4.06. The van der Waals surface area contributed by atoms with Crippen LogP contribution in [0.15, 0.2) is 16.7 Å². The predicted octanol–water partition coefficient (Wildman–Crippen LogP) is 3.19. The number of aromatic nitrogens is 1. The largest absolute Gasteiger partial charge is 0.258 e. The lowest BCUT2D eigenvalue weighted by Gasteiger charge is -1.97. The number of rotatable bonds is 1. The summed E-state index contributed by atoms with van der Waals surface area (Å²) in [4.78, 5) is 4.11.